The van der Waals surface area contributed by atoms with Gasteiger partial charge in [0.2, 0.25) is 0 Å². The summed E-state index contributed by atoms with van der Waals surface area (Å²) in [5.74, 6) is -1.63. The second-order valence-corrected chi connectivity index (χ2v) is 25.5. The molecule has 0 aromatic rings. The monoisotopic (exact) mass is 1320 g/mol. The Labute approximate surface area is 550 Å². The molecule has 0 aliphatic heterocycles. The van der Waals surface area contributed by atoms with E-state index in [9.17, 15) is 43.5 Å². The van der Waals surface area contributed by atoms with Gasteiger partial charge in [0.15, 0.2) is 6.10 Å². The first-order valence-corrected chi connectivity index (χ1v) is 37.5. The van der Waals surface area contributed by atoms with Crippen molar-refractivity contribution in [1.29, 1.82) is 0 Å². The number of hydrogen-bond acceptors (Lipinski definition) is 14. The molecule has 91 heavy (non-hydrogen) atoms. The molecule has 0 heterocycles. The van der Waals surface area contributed by atoms with E-state index >= 15 is 0 Å². The van der Waals surface area contributed by atoms with Crippen molar-refractivity contribution in [2.45, 2.75) is 270 Å². The number of phosphoric acid groups is 2. The molecule has 0 aromatic carbocycles. The lowest BCUT2D eigenvalue weighted by Crippen LogP contribution is -2.30. The van der Waals surface area contributed by atoms with Crippen LogP contribution in [0.3, 0.4) is 0 Å². The van der Waals surface area contributed by atoms with Gasteiger partial charge < -0.3 is 34.2 Å². The lowest BCUT2D eigenvalue weighted by molar-refractivity contribution is -0.161. The minimum atomic E-state index is -4.93. The Morgan fingerprint density at radius 3 is 0.923 bits per heavy atom. The molecule has 5 atom stereocenters. The van der Waals surface area contributed by atoms with Crippen molar-refractivity contribution in [3.05, 3.63) is 134 Å². The van der Waals surface area contributed by atoms with Gasteiger partial charge in [-0.2, -0.15) is 0 Å². The Morgan fingerprint density at radius 1 is 0.319 bits per heavy atom. The number of phosphoric ester groups is 2. The summed E-state index contributed by atoms with van der Waals surface area (Å²) in [6, 6.07) is 0. The Hall–Kier alpha value is -4.31. The van der Waals surface area contributed by atoms with Gasteiger partial charge in [-0.3, -0.25) is 32.5 Å². The topological polar surface area (TPSA) is 231 Å². The number of esters is 3. The smallest absolute Gasteiger partial charge is 0.463 e. The molecule has 4 N–H and O–H groups in total. The van der Waals surface area contributed by atoms with Crippen molar-refractivity contribution < 1.29 is 75.8 Å². The molecular formula is C73H122O16P2. The highest BCUT2D eigenvalue weighted by molar-refractivity contribution is 7.47. The number of hydrogen-bond donors (Lipinski definition) is 4. The molecule has 0 aliphatic rings. The van der Waals surface area contributed by atoms with Gasteiger partial charge in [0.1, 0.15) is 25.4 Å². The second-order valence-electron chi connectivity index (χ2n) is 22.6. The molecule has 5 unspecified atom stereocenters. The van der Waals surface area contributed by atoms with E-state index in [2.05, 4.69) is 154 Å². The maximum Gasteiger partial charge on any atom is 0.472 e. The van der Waals surface area contributed by atoms with Crippen LogP contribution in [0.15, 0.2) is 134 Å². The van der Waals surface area contributed by atoms with E-state index in [1.807, 2.05) is 0 Å². The van der Waals surface area contributed by atoms with E-state index in [0.29, 0.717) is 19.3 Å². The van der Waals surface area contributed by atoms with Gasteiger partial charge in [0, 0.05) is 19.3 Å². The minimum Gasteiger partial charge on any atom is -0.463 e. The Kier molecular flexibility index (Phi) is 62.6. The predicted molar refractivity (Wildman–Crippen MR) is 371 cm³/mol. The zero-order chi connectivity index (χ0) is 66.7. The highest BCUT2D eigenvalue weighted by Gasteiger charge is 2.29. The van der Waals surface area contributed by atoms with Crippen molar-refractivity contribution in [3.63, 3.8) is 0 Å². The maximum absolute atomic E-state index is 12.9. The van der Waals surface area contributed by atoms with Crippen LogP contribution in [-0.4, -0.2) is 95.9 Å². The molecular weight excluding hydrogens is 1190 g/mol. The van der Waals surface area contributed by atoms with Gasteiger partial charge in [0.25, 0.3) is 0 Å². The number of aliphatic hydroxyl groups excluding tert-OH is 2. The van der Waals surface area contributed by atoms with Gasteiger partial charge in [0.05, 0.1) is 26.4 Å². The van der Waals surface area contributed by atoms with Crippen LogP contribution in [0.5, 0.6) is 0 Å². The third-order valence-electron chi connectivity index (χ3n) is 13.8. The Balaban J connectivity index is 4.62. The molecule has 0 aliphatic carbocycles. The Bertz CT molecular complexity index is 2190. The SMILES string of the molecule is CC/C=C\C/C=C\C/C=C\C/C=C\C/C=C\C/C=C\CCCCCCCCC(=O)OCC(O)COP(=O)(O)OCC(O)COP(=O)(O)OCC(COC(=O)CCCCCCC/C=C\C/C=C\C/C=C\CC)OC(=O)CCCCCCC/C=C\C/C=C\CCCCC. The van der Waals surface area contributed by atoms with Gasteiger partial charge >= 0.3 is 33.6 Å². The molecule has 18 heteroatoms. The van der Waals surface area contributed by atoms with Gasteiger partial charge in [-0.15, -0.1) is 0 Å². The summed E-state index contributed by atoms with van der Waals surface area (Å²) in [5.41, 5.74) is 0. The number of carbonyl (C=O) groups is 3. The zero-order valence-electron chi connectivity index (χ0n) is 56.2. The zero-order valence-corrected chi connectivity index (χ0v) is 58.0. The Morgan fingerprint density at radius 2 is 0.582 bits per heavy atom. The van der Waals surface area contributed by atoms with Crippen molar-refractivity contribution in [1.82, 2.24) is 0 Å². The summed E-state index contributed by atoms with van der Waals surface area (Å²) >= 11 is 0. The van der Waals surface area contributed by atoms with Crippen LogP contribution >= 0.6 is 15.6 Å². The molecule has 0 rings (SSSR count). The van der Waals surface area contributed by atoms with Gasteiger partial charge in [-0.05, 0) is 135 Å². The van der Waals surface area contributed by atoms with E-state index < -0.39 is 91.5 Å². The van der Waals surface area contributed by atoms with Crippen molar-refractivity contribution in [2.75, 3.05) is 39.6 Å². The molecule has 0 radical (unpaired) electrons. The van der Waals surface area contributed by atoms with Crippen molar-refractivity contribution in [3.8, 4) is 0 Å². The van der Waals surface area contributed by atoms with E-state index in [4.69, 9.17) is 32.3 Å². The quantitative estimate of drug-likeness (QED) is 0.0146. The van der Waals surface area contributed by atoms with E-state index in [-0.39, 0.29) is 19.3 Å². The summed E-state index contributed by atoms with van der Waals surface area (Å²) in [5, 5.41) is 20.6. The summed E-state index contributed by atoms with van der Waals surface area (Å²) in [7, 11) is -9.80. The molecule has 16 nitrogen and oxygen atoms in total. The molecule has 520 valence electrons. The predicted octanol–water partition coefficient (Wildman–Crippen LogP) is 19.2. The highest BCUT2D eigenvalue weighted by Crippen LogP contribution is 2.45. The second kappa shape index (κ2) is 65.7. The van der Waals surface area contributed by atoms with Crippen LogP contribution in [0, 0.1) is 0 Å². The first kappa shape index (κ1) is 86.7. The number of rotatable bonds is 64. The third-order valence-corrected chi connectivity index (χ3v) is 15.7. The number of allylic oxidation sites excluding steroid dienone is 22. The molecule has 0 amide bonds. The first-order chi connectivity index (χ1) is 44.2. The summed E-state index contributed by atoms with van der Waals surface area (Å²) in [4.78, 5) is 58.4. The van der Waals surface area contributed by atoms with Crippen LogP contribution < -0.4 is 0 Å². The molecule has 0 fully saturated rings. The number of ether oxygens (including phenoxy) is 3. The number of unbranched alkanes of at least 4 members (excludes halogenated alkanes) is 19. The number of carbonyl (C=O) groups excluding carboxylic acids is 3. The standard InChI is InChI=1S/C73H122O16P2/c1-4-7-10-13-16-19-22-25-28-29-30-31-32-33-34-35-36-37-40-42-44-47-50-53-56-59-71(76)83-62-68(74)63-85-90(79,80)86-64-69(75)65-87-91(81,82)88-67-70(89-73(78)61-58-55-52-49-46-43-39-27-24-21-18-15-12-9-6-3)66-84-72(77)60-57-54-51-48-45-41-38-26-23-20-17-14-11-8-5-2/h7-8,10-11,16-21,25-28,30-31,33-34,36-39,68-70,74-75H,4-6,9,12-15,22-24,29,32,35,40-67H2,1-3H3,(H,79,80)(H,81,82)/b10-7-,11-8-,19-16-,20-17-,21-18-,28-25-,31-30-,34-33-,37-36-,38-26-,39-27-. The van der Waals surface area contributed by atoms with E-state index in [0.717, 1.165) is 173 Å². The lowest BCUT2D eigenvalue weighted by atomic mass is 10.1. The highest BCUT2D eigenvalue weighted by atomic mass is 31.2. The fraction of sp³-hybridized carbons (Fsp3) is 0.658. The van der Waals surface area contributed by atoms with Gasteiger partial charge in [-0.1, -0.05) is 231 Å². The van der Waals surface area contributed by atoms with Crippen LogP contribution in [0.25, 0.3) is 0 Å². The number of aliphatic hydroxyl groups is 2. The average molecular weight is 1320 g/mol. The third kappa shape index (κ3) is 66.9. The average Bonchev–Trinajstić information content (AvgIpc) is 3.08. The summed E-state index contributed by atoms with van der Waals surface area (Å²) < 4.78 is 60.8. The molecule has 0 saturated heterocycles. The van der Waals surface area contributed by atoms with E-state index in [1.165, 1.54) is 19.3 Å². The van der Waals surface area contributed by atoms with Crippen molar-refractivity contribution >= 4 is 33.6 Å². The van der Waals surface area contributed by atoms with E-state index in [1.54, 1.807) is 0 Å². The molecule has 0 aromatic heterocycles. The molecule has 0 spiro atoms. The lowest BCUT2D eigenvalue weighted by Gasteiger charge is -2.21. The summed E-state index contributed by atoms with van der Waals surface area (Å²) in [6.45, 7) is 2.34. The maximum atomic E-state index is 12.9. The normalized spacial score (nSPS) is 15.0. The van der Waals surface area contributed by atoms with Crippen molar-refractivity contribution in [2.24, 2.45) is 0 Å². The van der Waals surface area contributed by atoms with Crippen LogP contribution in [0.1, 0.15) is 252 Å². The van der Waals surface area contributed by atoms with Crippen LogP contribution in [0.2, 0.25) is 0 Å². The minimum absolute atomic E-state index is 0.0812. The van der Waals surface area contributed by atoms with Crippen LogP contribution in [-0.2, 0) is 55.8 Å². The molecule has 0 saturated carbocycles. The summed E-state index contributed by atoms with van der Waals surface area (Å²) in [6.07, 6.45) is 76.4. The fourth-order valence-electron chi connectivity index (χ4n) is 8.62. The largest absolute Gasteiger partial charge is 0.472 e. The first-order valence-electron chi connectivity index (χ1n) is 34.5. The molecule has 0 bridgehead atoms. The van der Waals surface area contributed by atoms with Gasteiger partial charge in [-0.25, -0.2) is 9.13 Å². The fourth-order valence-corrected chi connectivity index (χ4v) is 10.2. The van der Waals surface area contributed by atoms with Crippen LogP contribution in [0.4, 0.5) is 0 Å².